The molecule has 6 nitrogen and oxygen atoms in total. The number of esters is 1. The number of benzene rings is 1. The predicted molar refractivity (Wildman–Crippen MR) is 107 cm³/mol. The van der Waals surface area contributed by atoms with Crippen LogP contribution in [0.15, 0.2) is 29.3 Å². The lowest BCUT2D eigenvalue weighted by atomic mass is 10.2. The maximum absolute atomic E-state index is 13.1. The van der Waals surface area contributed by atoms with Gasteiger partial charge in [-0.1, -0.05) is 6.07 Å². The van der Waals surface area contributed by atoms with E-state index in [4.69, 9.17) is 4.74 Å². The summed E-state index contributed by atoms with van der Waals surface area (Å²) in [4.78, 5) is 15.1. The largest absolute Gasteiger partial charge is 0.489 e. The van der Waals surface area contributed by atoms with Crippen LogP contribution in [0.25, 0.3) is 0 Å². The van der Waals surface area contributed by atoms with Crippen LogP contribution in [0, 0.1) is 5.82 Å². The number of unbranched alkanes of at least 4 members (excludes halogenated alkanes) is 1. The summed E-state index contributed by atoms with van der Waals surface area (Å²) in [6.45, 7) is 3.12. The van der Waals surface area contributed by atoms with Gasteiger partial charge < -0.3 is 20.1 Å². The summed E-state index contributed by atoms with van der Waals surface area (Å²) in [5.41, 5.74) is 0. The van der Waals surface area contributed by atoms with Crippen LogP contribution < -0.4 is 15.4 Å². The Morgan fingerprint density at radius 1 is 1.32 bits per heavy atom. The molecule has 0 saturated carbocycles. The zero-order valence-electron chi connectivity index (χ0n) is 14.9. The van der Waals surface area contributed by atoms with Crippen LogP contribution in [-0.4, -0.2) is 45.3 Å². The number of hydrogen-bond acceptors (Lipinski definition) is 4. The molecule has 0 bridgehead atoms. The van der Waals surface area contributed by atoms with Gasteiger partial charge in [0.05, 0.1) is 13.7 Å². The van der Waals surface area contributed by atoms with E-state index >= 15 is 0 Å². The Hall–Kier alpha value is -1.58. The van der Waals surface area contributed by atoms with Crippen molar-refractivity contribution in [2.75, 3.05) is 27.2 Å². The van der Waals surface area contributed by atoms with Gasteiger partial charge in [-0.2, -0.15) is 0 Å². The number of halogens is 2. The minimum absolute atomic E-state index is 0. The average Bonchev–Trinajstić information content (AvgIpc) is 2.57. The van der Waals surface area contributed by atoms with Gasteiger partial charge in [0.15, 0.2) is 5.96 Å². The maximum Gasteiger partial charge on any atom is 0.305 e. The normalized spacial score (nSPS) is 11.9. The fourth-order valence-electron chi connectivity index (χ4n) is 1.98. The van der Waals surface area contributed by atoms with Crippen molar-refractivity contribution in [2.45, 2.75) is 32.3 Å². The molecule has 0 amide bonds. The van der Waals surface area contributed by atoms with E-state index in [1.54, 1.807) is 19.2 Å². The fourth-order valence-corrected chi connectivity index (χ4v) is 1.98. The lowest BCUT2D eigenvalue weighted by Gasteiger charge is -2.17. The maximum atomic E-state index is 13.1. The van der Waals surface area contributed by atoms with Crippen molar-refractivity contribution >= 4 is 35.9 Å². The highest BCUT2D eigenvalue weighted by Gasteiger charge is 2.06. The smallest absolute Gasteiger partial charge is 0.305 e. The number of nitrogens with one attached hydrogen (secondary N) is 2. The first-order valence-corrected chi connectivity index (χ1v) is 7.98. The third-order valence-electron chi connectivity index (χ3n) is 3.24. The summed E-state index contributed by atoms with van der Waals surface area (Å²) in [6, 6.07) is 6.06. The Labute approximate surface area is 165 Å². The number of carbonyl (C=O) groups is 1. The molecule has 0 fully saturated rings. The predicted octanol–water partition coefficient (Wildman–Crippen LogP) is 2.72. The van der Waals surface area contributed by atoms with Crippen LogP contribution in [0.2, 0.25) is 0 Å². The van der Waals surface area contributed by atoms with Crippen LogP contribution in [-0.2, 0) is 9.53 Å². The molecule has 1 rings (SSSR count). The second-order valence-electron chi connectivity index (χ2n) is 5.30. The van der Waals surface area contributed by atoms with Gasteiger partial charge in [0.1, 0.15) is 17.7 Å². The molecule has 1 atom stereocenters. The van der Waals surface area contributed by atoms with Crippen molar-refractivity contribution in [1.29, 1.82) is 0 Å². The topological polar surface area (TPSA) is 72.0 Å². The highest BCUT2D eigenvalue weighted by Crippen LogP contribution is 2.13. The third-order valence-corrected chi connectivity index (χ3v) is 3.24. The molecule has 0 spiro atoms. The van der Waals surface area contributed by atoms with Crippen LogP contribution in [0.3, 0.4) is 0 Å². The number of hydrogen-bond donors (Lipinski definition) is 2. The first-order valence-electron chi connectivity index (χ1n) is 7.98. The van der Waals surface area contributed by atoms with E-state index in [-0.39, 0.29) is 41.9 Å². The highest BCUT2D eigenvalue weighted by molar-refractivity contribution is 14.0. The zero-order valence-corrected chi connectivity index (χ0v) is 17.2. The average molecular weight is 467 g/mol. The summed E-state index contributed by atoms with van der Waals surface area (Å²) >= 11 is 0. The summed E-state index contributed by atoms with van der Waals surface area (Å²) in [5.74, 6) is 0.635. The number of nitrogens with zero attached hydrogens (tertiary/aromatic N) is 1. The molecule has 1 aromatic rings. The van der Waals surface area contributed by atoms with Crippen LogP contribution >= 0.6 is 24.0 Å². The molecule has 2 N–H and O–H groups in total. The van der Waals surface area contributed by atoms with E-state index in [9.17, 15) is 9.18 Å². The fraction of sp³-hybridized carbons (Fsp3) is 0.529. The number of rotatable bonds is 9. The number of ether oxygens (including phenoxy) is 2. The lowest BCUT2D eigenvalue weighted by molar-refractivity contribution is -0.140. The molecule has 0 aliphatic heterocycles. The van der Waals surface area contributed by atoms with Crippen LogP contribution in [0.1, 0.15) is 26.2 Å². The monoisotopic (exact) mass is 467 g/mol. The summed E-state index contributed by atoms with van der Waals surface area (Å²) < 4.78 is 23.3. The van der Waals surface area contributed by atoms with Crippen molar-refractivity contribution in [3.8, 4) is 5.75 Å². The second kappa shape index (κ2) is 13.7. The third kappa shape index (κ3) is 10.8. The van der Waals surface area contributed by atoms with Crippen molar-refractivity contribution < 1.29 is 18.7 Å². The molecule has 0 radical (unpaired) electrons. The van der Waals surface area contributed by atoms with Gasteiger partial charge in [0.25, 0.3) is 0 Å². The van der Waals surface area contributed by atoms with E-state index in [1.807, 2.05) is 6.92 Å². The first-order chi connectivity index (χ1) is 11.5. The Morgan fingerprint density at radius 2 is 2.08 bits per heavy atom. The van der Waals surface area contributed by atoms with Gasteiger partial charge in [-0.05, 0) is 31.9 Å². The van der Waals surface area contributed by atoms with Crippen molar-refractivity contribution in [2.24, 2.45) is 4.99 Å². The summed E-state index contributed by atoms with van der Waals surface area (Å²) in [5, 5.41) is 6.30. The van der Waals surface area contributed by atoms with E-state index in [2.05, 4.69) is 20.4 Å². The minimum Gasteiger partial charge on any atom is -0.489 e. The van der Waals surface area contributed by atoms with Crippen molar-refractivity contribution in [1.82, 2.24) is 10.6 Å². The Kier molecular flexibility index (Phi) is 12.8. The molecule has 8 heteroatoms. The van der Waals surface area contributed by atoms with Crippen molar-refractivity contribution in [3.63, 3.8) is 0 Å². The van der Waals surface area contributed by atoms with Gasteiger partial charge >= 0.3 is 5.97 Å². The van der Waals surface area contributed by atoms with Gasteiger partial charge in [-0.3, -0.25) is 9.79 Å². The van der Waals surface area contributed by atoms with Crippen LogP contribution in [0.4, 0.5) is 4.39 Å². The number of guanidine groups is 1. The molecular formula is C17H27FIN3O3. The highest BCUT2D eigenvalue weighted by atomic mass is 127. The number of aliphatic imine (C=N–C) groups is 1. The minimum atomic E-state index is -0.322. The molecule has 25 heavy (non-hydrogen) atoms. The lowest BCUT2D eigenvalue weighted by Crippen LogP contribution is -2.42. The quantitative estimate of drug-likeness (QED) is 0.192. The van der Waals surface area contributed by atoms with E-state index < -0.39 is 0 Å². The van der Waals surface area contributed by atoms with Gasteiger partial charge in [-0.25, -0.2) is 4.39 Å². The number of carbonyl (C=O) groups excluding carboxylic acids is 1. The molecule has 0 aromatic heterocycles. The molecule has 142 valence electrons. The van der Waals surface area contributed by atoms with E-state index in [0.29, 0.717) is 31.2 Å². The van der Waals surface area contributed by atoms with Crippen molar-refractivity contribution in [3.05, 3.63) is 30.1 Å². The molecule has 1 unspecified atom stereocenters. The second-order valence-corrected chi connectivity index (χ2v) is 5.30. The van der Waals surface area contributed by atoms with Gasteiger partial charge in [0, 0.05) is 26.1 Å². The van der Waals surface area contributed by atoms with Crippen LogP contribution in [0.5, 0.6) is 5.75 Å². The molecule has 0 heterocycles. The molecular weight excluding hydrogens is 440 g/mol. The van der Waals surface area contributed by atoms with E-state index in [0.717, 1.165) is 12.8 Å². The SMILES string of the molecule is CN=C(NCCCCC(=O)OC)NCC(C)Oc1cccc(F)c1.I. The van der Waals surface area contributed by atoms with Gasteiger partial charge in [0.2, 0.25) is 0 Å². The molecule has 0 saturated heterocycles. The summed E-state index contributed by atoms with van der Waals surface area (Å²) in [6.07, 6.45) is 1.87. The van der Waals surface area contributed by atoms with Gasteiger partial charge in [-0.15, -0.1) is 24.0 Å². The summed E-state index contributed by atoms with van der Waals surface area (Å²) in [7, 11) is 3.07. The number of methoxy groups -OCH3 is 1. The Morgan fingerprint density at radius 3 is 2.72 bits per heavy atom. The molecule has 0 aliphatic carbocycles. The Bertz CT molecular complexity index is 544. The zero-order chi connectivity index (χ0) is 17.8. The standard InChI is InChI=1S/C17H26FN3O3.HI/c1-13(24-15-8-6-7-14(18)11-15)12-21-17(19-2)20-10-5-4-9-16(22)23-3;/h6-8,11,13H,4-5,9-10,12H2,1-3H3,(H2,19,20,21);1H. The van der Waals surface area contributed by atoms with E-state index in [1.165, 1.54) is 19.2 Å². The molecule has 0 aliphatic rings. The first kappa shape index (κ1) is 23.4. The Balaban J connectivity index is 0.00000576. The molecule has 1 aromatic carbocycles.